The molecular weight excluding hydrogens is 366 g/mol. The number of hydrogen-bond donors (Lipinski definition) is 0. The maximum atomic E-state index is 12.3. The van der Waals surface area contributed by atoms with E-state index in [1.807, 2.05) is 22.6 Å². The van der Waals surface area contributed by atoms with Gasteiger partial charge >= 0.3 is 6.18 Å². The molecule has 0 aromatic carbocycles. The van der Waals surface area contributed by atoms with E-state index in [1.54, 1.807) is 18.4 Å². The first-order valence-electron chi connectivity index (χ1n) is 4.93. The molecule has 1 aromatic heterocycles. The Bertz CT molecular complexity index is 391. The van der Waals surface area contributed by atoms with Crippen molar-refractivity contribution in [3.63, 3.8) is 0 Å². The highest BCUT2D eigenvalue weighted by atomic mass is 127. The number of halogens is 4. The standard InChI is InChI=1S/C10H11F3INOS/c1-2-3-15(6-10(11,12)13)9(16)7-4-8(14)17-5-7/h4-5H,2-3,6H2,1H3. The molecule has 0 aliphatic heterocycles. The monoisotopic (exact) mass is 377 g/mol. The van der Waals surface area contributed by atoms with Crippen LogP contribution in [0.25, 0.3) is 0 Å². The van der Waals surface area contributed by atoms with Crippen molar-refractivity contribution >= 4 is 39.8 Å². The summed E-state index contributed by atoms with van der Waals surface area (Å²) in [5.41, 5.74) is 0.331. The molecule has 0 fully saturated rings. The molecule has 0 atom stereocenters. The van der Waals surface area contributed by atoms with E-state index in [0.717, 1.165) is 7.78 Å². The second kappa shape index (κ2) is 6.03. The third-order valence-electron chi connectivity index (χ3n) is 1.97. The third kappa shape index (κ3) is 4.82. The van der Waals surface area contributed by atoms with Gasteiger partial charge in [-0.15, -0.1) is 11.3 Å². The number of nitrogens with zero attached hydrogens (tertiary/aromatic N) is 1. The summed E-state index contributed by atoms with van der Waals surface area (Å²) in [7, 11) is 0. The van der Waals surface area contributed by atoms with Gasteiger partial charge in [0, 0.05) is 11.9 Å². The number of carbonyl (C=O) groups excluding carboxylic acids is 1. The first kappa shape index (κ1) is 14.7. The van der Waals surface area contributed by atoms with Crippen LogP contribution in [-0.2, 0) is 0 Å². The second-order valence-corrected chi connectivity index (χ2v) is 6.29. The van der Waals surface area contributed by atoms with E-state index in [-0.39, 0.29) is 6.54 Å². The van der Waals surface area contributed by atoms with E-state index < -0.39 is 18.6 Å². The summed E-state index contributed by atoms with van der Waals surface area (Å²) in [4.78, 5) is 12.7. The van der Waals surface area contributed by atoms with Crippen molar-refractivity contribution < 1.29 is 18.0 Å². The molecule has 7 heteroatoms. The van der Waals surface area contributed by atoms with Gasteiger partial charge in [-0.05, 0) is 35.1 Å². The molecule has 0 N–H and O–H groups in total. The molecule has 0 aliphatic carbocycles. The van der Waals surface area contributed by atoms with Crippen LogP contribution in [0.1, 0.15) is 23.7 Å². The van der Waals surface area contributed by atoms with Crippen LogP contribution in [0.4, 0.5) is 13.2 Å². The molecule has 1 heterocycles. The summed E-state index contributed by atoms with van der Waals surface area (Å²) in [6.07, 6.45) is -3.85. The number of amides is 1. The van der Waals surface area contributed by atoms with Crippen LogP contribution in [0, 0.1) is 2.88 Å². The second-order valence-electron chi connectivity index (χ2n) is 3.48. The van der Waals surface area contributed by atoms with Gasteiger partial charge in [-0.1, -0.05) is 6.92 Å². The summed E-state index contributed by atoms with van der Waals surface area (Å²) >= 11 is 3.38. The summed E-state index contributed by atoms with van der Waals surface area (Å²) in [6.45, 7) is 0.672. The van der Waals surface area contributed by atoms with Crippen LogP contribution in [0.5, 0.6) is 0 Å². The van der Waals surface area contributed by atoms with Crippen LogP contribution in [0.2, 0.25) is 0 Å². The van der Waals surface area contributed by atoms with Crippen LogP contribution < -0.4 is 0 Å². The van der Waals surface area contributed by atoms with Gasteiger partial charge < -0.3 is 4.90 Å². The fourth-order valence-electron chi connectivity index (χ4n) is 1.34. The predicted molar refractivity (Wildman–Crippen MR) is 69.3 cm³/mol. The molecule has 0 aliphatic rings. The van der Waals surface area contributed by atoms with Gasteiger partial charge in [0.1, 0.15) is 6.54 Å². The zero-order valence-corrected chi connectivity index (χ0v) is 12.0. The number of hydrogen-bond acceptors (Lipinski definition) is 2. The zero-order valence-electron chi connectivity index (χ0n) is 9.05. The number of thiophene rings is 1. The number of rotatable bonds is 4. The Kier molecular flexibility index (Phi) is 5.23. The maximum absolute atomic E-state index is 12.3. The Hall–Kier alpha value is -0.310. The summed E-state index contributed by atoms with van der Waals surface area (Å²) in [5.74, 6) is -0.552. The van der Waals surface area contributed by atoms with Crippen molar-refractivity contribution in [3.8, 4) is 0 Å². The van der Waals surface area contributed by atoms with Crippen molar-refractivity contribution in [1.82, 2.24) is 4.90 Å². The van der Waals surface area contributed by atoms with Gasteiger partial charge in [0.15, 0.2) is 0 Å². The highest BCUT2D eigenvalue weighted by Crippen LogP contribution is 2.21. The van der Waals surface area contributed by atoms with Gasteiger partial charge in [-0.25, -0.2) is 0 Å². The Morgan fingerprint density at radius 3 is 2.59 bits per heavy atom. The molecule has 2 nitrogen and oxygen atoms in total. The highest BCUT2D eigenvalue weighted by molar-refractivity contribution is 14.1. The van der Waals surface area contributed by atoms with E-state index in [1.165, 1.54) is 11.3 Å². The first-order chi connectivity index (χ1) is 7.83. The van der Waals surface area contributed by atoms with Crippen LogP contribution in [-0.4, -0.2) is 30.1 Å². The average Bonchev–Trinajstić information content (AvgIpc) is 2.61. The normalized spacial score (nSPS) is 11.6. The Balaban J connectivity index is 2.80. The molecule has 0 saturated carbocycles. The van der Waals surface area contributed by atoms with Crippen molar-refractivity contribution in [2.75, 3.05) is 13.1 Å². The lowest BCUT2D eigenvalue weighted by Crippen LogP contribution is -2.39. The van der Waals surface area contributed by atoms with E-state index >= 15 is 0 Å². The Morgan fingerprint density at radius 2 is 2.18 bits per heavy atom. The van der Waals surface area contributed by atoms with Gasteiger partial charge in [0.2, 0.25) is 0 Å². The molecule has 17 heavy (non-hydrogen) atoms. The summed E-state index contributed by atoms with van der Waals surface area (Å²) in [6, 6.07) is 1.60. The van der Waals surface area contributed by atoms with Crippen molar-refractivity contribution in [2.45, 2.75) is 19.5 Å². The lowest BCUT2D eigenvalue weighted by molar-refractivity contribution is -0.140. The molecule has 0 bridgehead atoms. The minimum atomic E-state index is -4.35. The molecule has 0 saturated heterocycles. The molecular formula is C10H11F3INOS. The van der Waals surface area contributed by atoms with Crippen molar-refractivity contribution in [1.29, 1.82) is 0 Å². The molecule has 1 rings (SSSR count). The highest BCUT2D eigenvalue weighted by Gasteiger charge is 2.33. The van der Waals surface area contributed by atoms with E-state index in [0.29, 0.717) is 12.0 Å². The molecule has 0 spiro atoms. The molecule has 0 unspecified atom stereocenters. The van der Waals surface area contributed by atoms with Crippen molar-refractivity contribution in [2.24, 2.45) is 0 Å². The molecule has 1 aromatic rings. The van der Waals surface area contributed by atoms with E-state index in [9.17, 15) is 18.0 Å². The summed E-state index contributed by atoms with van der Waals surface area (Å²) < 4.78 is 37.8. The quantitative estimate of drug-likeness (QED) is 0.732. The SMILES string of the molecule is CCCN(CC(F)(F)F)C(=O)c1csc(I)c1. The Morgan fingerprint density at radius 1 is 1.53 bits per heavy atom. The summed E-state index contributed by atoms with van der Waals surface area (Å²) in [5, 5.41) is 1.59. The van der Waals surface area contributed by atoms with Gasteiger partial charge in [-0.3, -0.25) is 4.79 Å². The fraction of sp³-hybridized carbons (Fsp3) is 0.500. The van der Waals surface area contributed by atoms with Crippen LogP contribution >= 0.6 is 33.9 Å². The Labute approximate surface area is 115 Å². The van der Waals surface area contributed by atoms with Gasteiger partial charge in [0.25, 0.3) is 5.91 Å². The number of carbonyl (C=O) groups is 1. The largest absolute Gasteiger partial charge is 0.406 e. The smallest absolute Gasteiger partial charge is 0.330 e. The third-order valence-corrected chi connectivity index (χ3v) is 3.75. The lowest BCUT2D eigenvalue weighted by Gasteiger charge is -2.22. The zero-order chi connectivity index (χ0) is 13.1. The van der Waals surface area contributed by atoms with Crippen LogP contribution in [0.15, 0.2) is 11.4 Å². The fourth-order valence-corrected chi connectivity index (χ4v) is 2.66. The van der Waals surface area contributed by atoms with E-state index in [4.69, 9.17) is 0 Å². The average molecular weight is 377 g/mol. The first-order valence-corrected chi connectivity index (χ1v) is 6.89. The van der Waals surface area contributed by atoms with Gasteiger partial charge in [0.05, 0.1) is 8.45 Å². The van der Waals surface area contributed by atoms with E-state index in [2.05, 4.69) is 0 Å². The topological polar surface area (TPSA) is 20.3 Å². The molecule has 96 valence electrons. The minimum absolute atomic E-state index is 0.116. The minimum Gasteiger partial charge on any atom is -0.330 e. The molecule has 1 amide bonds. The van der Waals surface area contributed by atoms with Crippen molar-refractivity contribution in [3.05, 3.63) is 19.9 Å². The van der Waals surface area contributed by atoms with Crippen LogP contribution in [0.3, 0.4) is 0 Å². The predicted octanol–water partition coefficient (Wildman–Crippen LogP) is 3.77. The molecule has 0 radical (unpaired) electrons. The lowest BCUT2D eigenvalue weighted by atomic mass is 10.2. The van der Waals surface area contributed by atoms with Gasteiger partial charge in [-0.2, -0.15) is 13.2 Å². The maximum Gasteiger partial charge on any atom is 0.406 e. The number of alkyl halides is 3.